The molecule has 0 heterocycles. The van der Waals surface area contributed by atoms with Crippen molar-refractivity contribution >= 4 is 5.71 Å². The van der Waals surface area contributed by atoms with E-state index in [0.717, 1.165) is 6.42 Å². The summed E-state index contributed by atoms with van der Waals surface area (Å²) in [5.74, 6) is 0.0348. The van der Waals surface area contributed by atoms with Crippen LogP contribution < -0.4 is 5.43 Å². The van der Waals surface area contributed by atoms with Crippen LogP contribution in [-0.4, -0.2) is 12.3 Å². The van der Waals surface area contributed by atoms with Gasteiger partial charge in [0.15, 0.2) is 0 Å². The number of rotatable bonds is 3. The topological polar surface area (TPSA) is 48.2 Å². The van der Waals surface area contributed by atoms with Crippen LogP contribution in [0.3, 0.4) is 0 Å². The lowest BCUT2D eigenvalue weighted by molar-refractivity contribution is 0.400. The van der Waals surface area contributed by atoms with E-state index in [4.69, 9.17) is 5.26 Å². The van der Waals surface area contributed by atoms with Crippen LogP contribution in [0, 0.1) is 22.7 Å². The Hall–Kier alpha value is -1.04. The van der Waals surface area contributed by atoms with Gasteiger partial charge in [-0.25, -0.2) is 0 Å². The summed E-state index contributed by atoms with van der Waals surface area (Å²) in [4.78, 5) is 0. The van der Waals surface area contributed by atoms with E-state index in [-0.39, 0.29) is 11.3 Å². The van der Waals surface area contributed by atoms with Crippen molar-refractivity contribution in [1.29, 1.82) is 5.26 Å². The van der Waals surface area contributed by atoms with E-state index in [9.17, 15) is 0 Å². The van der Waals surface area contributed by atoms with Gasteiger partial charge in [-0.1, -0.05) is 13.8 Å². The molecule has 1 aliphatic carbocycles. The van der Waals surface area contributed by atoms with E-state index in [2.05, 4.69) is 30.4 Å². The van der Waals surface area contributed by atoms with Gasteiger partial charge in [0.1, 0.15) is 0 Å². The summed E-state index contributed by atoms with van der Waals surface area (Å²) in [7, 11) is 0. The largest absolute Gasteiger partial charge is 0.309 e. The molecule has 0 bridgehead atoms. The van der Waals surface area contributed by atoms with E-state index < -0.39 is 0 Å². The minimum absolute atomic E-state index is 0.0348. The Morgan fingerprint density at radius 2 is 2.38 bits per heavy atom. The number of nitrogens with one attached hydrogen (secondary N) is 1. The summed E-state index contributed by atoms with van der Waals surface area (Å²) in [6.07, 6.45) is 2.32. The molecule has 0 aliphatic heterocycles. The van der Waals surface area contributed by atoms with Crippen LogP contribution in [0.4, 0.5) is 0 Å². The van der Waals surface area contributed by atoms with E-state index in [0.29, 0.717) is 6.54 Å². The molecule has 3 heteroatoms. The Kier molecular flexibility index (Phi) is 2.92. The van der Waals surface area contributed by atoms with Crippen LogP contribution in [0.5, 0.6) is 0 Å². The molecular formula is C10H17N3. The molecule has 0 saturated heterocycles. The Labute approximate surface area is 79.8 Å². The van der Waals surface area contributed by atoms with Crippen molar-refractivity contribution in [3.8, 4) is 6.07 Å². The van der Waals surface area contributed by atoms with Crippen LogP contribution >= 0.6 is 0 Å². The molecule has 1 fully saturated rings. The second-order valence-corrected chi connectivity index (χ2v) is 4.33. The zero-order chi connectivity index (χ0) is 9.90. The predicted octanol–water partition coefficient (Wildman–Crippen LogP) is 1.91. The van der Waals surface area contributed by atoms with Crippen molar-refractivity contribution in [3.05, 3.63) is 0 Å². The number of nitrogens with zero attached hydrogens (tertiary/aromatic N) is 2. The van der Waals surface area contributed by atoms with E-state index in [1.807, 2.05) is 6.92 Å². The zero-order valence-electron chi connectivity index (χ0n) is 8.59. The molecule has 3 nitrogen and oxygen atoms in total. The van der Waals surface area contributed by atoms with Gasteiger partial charge < -0.3 is 5.43 Å². The number of nitriles is 1. The molecule has 0 radical (unpaired) electrons. The van der Waals surface area contributed by atoms with E-state index >= 15 is 0 Å². The van der Waals surface area contributed by atoms with Crippen molar-refractivity contribution in [1.82, 2.24) is 5.43 Å². The molecule has 1 rings (SSSR count). The maximum atomic E-state index is 8.54. The lowest BCUT2D eigenvalue weighted by Crippen LogP contribution is -2.36. The van der Waals surface area contributed by atoms with Crippen molar-refractivity contribution in [3.63, 3.8) is 0 Å². The fourth-order valence-corrected chi connectivity index (χ4v) is 1.27. The Morgan fingerprint density at radius 1 is 1.69 bits per heavy atom. The molecule has 1 saturated carbocycles. The lowest BCUT2D eigenvalue weighted by atomic mass is 9.70. The molecule has 0 amide bonds. The first-order valence-corrected chi connectivity index (χ1v) is 4.76. The minimum atomic E-state index is 0.0348. The SMILES string of the molecule is CC(C#N)CN/N=C1/CCC1(C)C. The maximum absolute atomic E-state index is 8.54. The summed E-state index contributed by atoms with van der Waals surface area (Å²) < 4.78 is 0. The first-order chi connectivity index (χ1) is 6.06. The van der Waals surface area contributed by atoms with Gasteiger partial charge in [-0.2, -0.15) is 10.4 Å². The standard InChI is InChI=1S/C10H17N3/c1-8(6-11)7-12-13-9-4-5-10(9,2)3/h8,12H,4-5,7H2,1-3H3/b13-9-. The Balaban J connectivity index is 2.30. The van der Waals surface area contributed by atoms with Crippen molar-refractivity contribution in [2.45, 2.75) is 33.6 Å². The van der Waals surface area contributed by atoms with Crippen LogP contribution in [-0.2, 0) is 0 Å². The summed E-state index contributed by atoms with van der Waals surface area (Å²) in [5.41, 5.74) is 4.47. The first-order valence-electron chi connectivity index (χ1n) is 4.76. The molecule has 72 valence electrons. The molecule has 1 N–H and O–H groups in total. The average Bonchev–Trinajstić information content (AvgIpc) is 2.10. The maximum Gasteiger partial charge on any atom is 0.0672 e. The number of hydrogen-bond acceptors (Lipinski definition) is 3. The van der Waals surface area contributed by atoms with Crippen LogP contribution in [0.25, 0.3) is 0 Å². The molecule has 13 heavy (non-hydrogen) atoms. The summed E-state index contributed by atoms with van der Waals surface area (Å²) >= 11 is 0. The highest BCUT2D eigenvalue weighted by molar-refractivity contribution is 5.94. The highest BCUT2D eigenvalue weighted by Gasteiger charge is 2.34. The van der Waals surface area contributed by atoms with Crippen LogP contribution in [0.15, 0.2) is 5.10 Å². The molecule has 0 aromatic rings. The second kappa shape index (κ2) is 3.78. The molecule has 0 spiro atoms. The first kappa shape index (κ1) is 10.0. The molecular weight excluding hydrogens is 162 g/mol. The van der Waals surface area contributed by atoms with Crippen LogP contribution in [0.1, 0.15) is 33.6 Å². The van der Waals surface area contributed by atoms with Gasteiger partial charge >= 0.3 is 0 Å². The molecule has 1 aliphatic rings. The van der Waals surface area contributed by atoms with Crippen molar-refractivity contribution < 1.29 is 0 Å². The fourth-order valence-electron chi connectivity index (χ4n) is 1.27. The monoisotopic (exact) mass is 179 g/mol. The van der Waals surface area contributed by atoms with Gasteiger partial charge in [-0.15, -0.1) is 0 Å². The molecule has 0 aromatic heterocycles. The number of hydrogen-bond donors (Lipinski definition) is 1. The third kappa shape index (κ3) is 2.45. The van der Waals surface area contributed by atoms with E-state index in [1.54, 1.807) is 0 Å². The van der Waals surface area contributed by atoms with Crippen molar-refractivity contribution in [2.24, 2.45) is 16.4 Å². The average molecular weight is 179 g/mol. The quantitative estimate of drug-likeness (QED) is 0.673. The van der Waals surface area contributed by atoms with Gasteiger partial charge in [0.2, 0.25) is 0 Å². The summed E-state index contributed by atoms with van der Waals surface area (Å²) in [6, 6.07) is 2.16. The minimum Gasteiger partial charge on any atom is -0.309 e. The second-order valence-electron chi connectivity index (χ2n) is 4.33. The van der Waals surface area contributed by atoms with E-state index in [1.165, 1.54) is 12.1 Å². The third-order valence-corrected chi connectivity index (χ3v) is 2.60. The third-order valence-electron chi connectivity index (χ3n) is 2.60. The van der Waals surface area contributed by atoms with Gasteiger partial charge in [-0.3, -0.25) is 0 Å². The smallest absolute Gasteiger partial charge is 0.0672 e. The Bertz CT molecular complexity index is 247. The lowest BCUT2D eigenvalue weighted by Gasteiger charge is -2.36. The molecule has 1 unspecified atom stereocenters. The molecule has 1 atom stereocenters. The van der Waals surface area contributed by atoms with Crippen LogP contribution in [0.2, 0.25) is 0 Å². The Morgan fingerprint density at radius 3 is 2.77 bits per heavy atom. The van der Waals surface area contributed by atoms with Crippen molar-refractivity contribution in [2.75, 3.05) is 6.54 Å². The van der Waals surface area contributed by atoms with Gasteiger partial charge in [0.05, 0.1) is 12.0 Å². The normalized spacial score (nSPS) is 24.6. The number of hydrazone groups is 1. The fraction of sp³-hybridized carbons (Fsp3) is 0.800. The van der Waals surface area contributed by atoms with Gasteiger partial charge in [0.25, 0.3) is 0 Å². The van der Waals surface area contributed by atoms with Gasteiger partial charge in [0, 0.05) is 17.7 Å². The zero-order valence-corrected chi connectivity index (χ0v) is 8.59. The highest BCUT2D eigenvalue weighted by atomic mass is 15.3. The molecule has 0 aromatic carbocycles. The summed E-state index contributed by atoms with van der Waals surface area (Å²) in [5, 5.41) is 12.8. The predicted molar refractivity (Wildman–Crippen MR) is 53.2 cm³/mol. The van der Waals surface area contributed by atoms with Gasteiger partial charge in [-0.05, 0) is 19.8 Å². The summed E-state index contributed by atoms with van der Waals surface area (Å²) in [6.45, 7) is 6.94. The highest BCUT2D eigenvalue weighted by Crippen LogP contribution is 2.36.